The minimum atomic E-state index is -1.10. The van der Waals surface area contributed by atoms with Crippen molar-refractivity contribution in [3.63, 3.8) is 0 Å². The van der Waals surface area contributed by atoms with Gasteiger partial charge in [0.2, 0.25) is 0 Å². The smallest absolute Gasteiger partial charge is 0.151 e. The van der Waals surface area contributed by atoms with Gasteiger partial charge in [0.25, 0.3) is 0 Å². The number of rotatable bonds is 5. The van der Waals surface area contributed by atoms with Crippen molar-refractivity contribution in [2.45, 2.75) is 45.8 Å². The second kappa shape index (κ2) is 5.69. The second-order valence-corrected chi connectivity index (χ2v) is 3.16. The molecular weight excluding hydrogens is 128 g/mol. The van der Waals surface area contributed by atoms with Crippen molar-refractivity contribution in [3.05, 3.63) is 0 Å². The Bertz CT molecular complexity index is 59.7. The first-order chi connectivity index (χ1) is 4.63. The highest BCUT2D eigenvalue weighted by atomic mass is 16.5. The van der Waals surface area contributed by atoms with Crippen LogP contribution in [0.3, 0.4) is 0 Å². The molecule has 62 valence electrons. The average molecular weight is 146 g/mol. The van der Waals surface area contributed by atoms with Crippen LogP contribution in [-0.4, -0.2) is 16.5 Å². The number of aliphatic hydroxyl groups is 2. The first kappa shape index (κ1) is 9.92. The summed E-state index contributed by atoms with van der Waals surface area (Å²) in [7, 11) is 0. The molecule has 0 aliphatic carbocycles. The topological polar surface area (TPSA) is 40.5 Å². The van der Waals surface area contributed by atoms with E-state index in [1.54, 1.807) is 0 Å². The predicted octanol–water partition coefficient (Wildman–Crippen LogP) is 1.51. The van der Waals surface area contributed by atoms with Crippen LogP contribution in [0.15, 0.2) is 0 Å². The van der Waals surface area contributed by atoms with Gasteiger partial charge in [-0.25, -0.2) is 0 Å². The van der Waals surface area contributed by atoms with E-state index in [0.717, 1.165) is 18.8 Å². The molecule has 0 saturated carbocycles. The lowest BCUT2D eigenvalue weighted by atomic mass is 10.1. The van der Waals surface area contributed by atoms with E-state index >= 15 is 0 Å². The summed E-state index contributed by atoms with van der Waals surface area (Å²) in [5.41, 5.74) is 0. The molecule has 0 atom stereocenters. The molecule has 0 heterocycles. The minimum absolute atomic E-state index is 0.521. The number of hydrogen-bond acceptors (Lipinski definition) is 2. The van der Waals surface area contributed by atoms with Gasteiger partial charge in [0.15, 0.2) is 6.29 Å². The molecule has 0 rings (SSSR count). The fourth-order valence-electron chi connectivity index (χ4n) is 0.879. The number of hydrogen-bond donors (Lipinski definition) is 2. The zero-order valence-electron chi connectivity index (χ0n) is 6.88. The SMILES string of the molecule is CC(C)CCCCC(O)O. The van der Waals surface area contributed by atoms with E-state index in [-0.39, 0.29) is 0 Å². The van der Waals surface area contributed by atoms with Gasteiger partial charge in [-0.15, -0.1) is 0 Å². The molecule has 2 N–H and O–H groups in total. The highest BCUT2D eigenvalue weighted by Gasteiger charge is 1.97. The Balaban J connectivity index is 2.91. The van der Waals surface area contributed by atoms with E-state index in [0.29, 0.717) is 6.42 Å². The van der Waals surface area contributed by atoms with Gasteiger partial charge < -0.3 is 10.2 Å². The Hall–Kier alpha value is -0.0800. The Morgan fingerprint density at radius 3 is 1.90 bits per heavy atom. The minimum Gasteiger partial charge on any atom is -0.368 e. The molecule has 0 aromatic carbocycles. The number of unbranched alkanes of at least 4 members (excludes halogenated alkanes) is 1. The molecule has 0 fully saturated rings. The van der Waals surface area contributed by atoms with Gasteiger partial charge in [-0.2, -0.15) is 0 Å². The third-order valence-corrected chi connectivity index (χ3v) is 1.49. The summed E-state index contributed by atoms with van der Waals surface area (Å²) < 4.78 is 0. The van der Waals surface area contributed by atoms with Crippen molar-refractivity contribution >= 4 is 0 Å². The van der Waals surface area contributed by atoms with E-state index in [1.807, 2.05) is 0 Å². The lowest BCUT2D eigenvalue weighted by Crippen LogP contribution is -2.03. The summed E-state index contributed by atoms with van der Waals surface area (Å²) in [6, 6.07) is 0. The molecular formula is C8H18O2. The number of aliphatic hydroxyl groups excluding tert-OH is 1. The van der Waals surface area contributed by atoms with Crippen molar-refractivity contribution in [2.75, 3.05) is 0 Å². The molecule has 2 nitrogen and oxygen atoms in total. The zero-order chi connectivity index (χ0) is 7.98. The molecule has 0 aliphatic rings. The van der Waals surface area contributed by atoms with E-state index in [2.05, 4.69) is 13.8 Å². The van der Waals surface area contributed by atoms with Crippen LogP contribution in [0.4, 0.5) is 0 Å². The van der Waals surface area contributed by atoms with Crippen LogP contribution in [-0.2, 0) is 0 Å². The van der Waals surface area contributed by atoms with Crippen LogP contribution >= 0.6 is 0 Å². The summed E-state index contributed by atoms with van der Waals surface area (Å²) in [5, 5.41) is 16.9. The molecule has 0 spiro atoms. The molecule has 0 bridgehead atoms. The maximum Gasteiger partial charge on any atom is 0.151 e. The van der Waals surface area contributed by atoms with Gasteiger partial charge in [0.1, 0.15) is 0 Å². The van der Waals surface area contributed by atoms with Crippen molar-refractivity contribution in [2.24, 2.45) is 5.92 Å². The van der Waals surface area contributed by atoms with Gasteiger partial charge in [-0.3, -0.25) is 0 Å². The van der Waals surface area contributed by atoms with Crippen molar-refractivity contribution in [1.82, 2.24) is 0 Å². The highest BCUT2D eigenvalue weighted by Crippen LogP contribution is 2.08. The Labute approximate surface area is 62.9 Å². The molecule has 0 aromatic rings. The average Bonchev–Trinajstić information content (AvgIpc) is 1.79. The van der Waals surface area contributed by atoms with E-state index < -0.39 is 6.29 Å². The van der Waals surface area contributed by atoms with Crippen LogP contribution in [0.25, 0.3) is 0 Å². The van der Waals surface area contributed by atoms with Crippen molar-refractivity contribution in [3.8, 4) is 0 Å². The molecule has 0 amide bonds. The molecule has 10 heavy (non-hydrogen) atoms. The second-order valence-electron chi connectivity index (χ2n) is 3.16. The van der Waals surface area contributed by atoms with Crippen LogP contribution in [0, 0.1) is 5.92 Å². The van der Waals surface area contributed by atoms with E-state index in [1.165, 1.54) is 6.42 Å². The lowest BCUT2D eigenvalue weighted by molar-refractivity contribution is -0.0466. The largest absolute Gasteiger partial charge is 0.368 e. The van der Waals surface area contributed by atoms with Crippen molar-refractivity contribution < 1.29 is 10.2 Å². The van der Waals surface area contributed by atoms with Gasteiger partial charge in [-0.1, -0.05) is 26.7 Å². The zero-order valence-corrected chi connectivity index (χ0v) is 6.88. The summed E-state index contributed by atoms with van der Waals surface area (Å²) in [5.74, 6) is 0.732. The van der Waals surface area contributed by atoms with Gasteiger partial charge in [0, 0.05) is 0 Å². The van der Waals surface area contributed by atoms with Gasteiger partial charge in [0.05, 0.1) is 0 Å². The standard InChI is InChI=1S/C8H18O2/c1-7(2)5-3-4-6-8(9)10/h7-10H,3-6H2,1-2H3. The molecule has 2 heteroatoms. The fourth-order valence-corrected chi connectivity index (χ4v) is 0.879. The third kappa shape index (κ3) is 7.92. The van der Waals surface area contributed by atoms with Crippen molar-refractivity contribution in [1.29, 1.82) is 0 Å². The first-order valence-electron chi connectivity index (χ1n) is 3.99. The normalized spacial score (nSPS) is 11.4. The summed E-state index contributed by atoms with van der Waals surface area (Å²) in [6.07, 6.45) is 2.64. The maximum absolute atomic E-state index is 8.47. The highest BCUT2D eigenvalue weighted by molar-refractivity contribution is 4.47. The Morgan fingerprint density at radius 2 is 1.50 bits per heavy atom. The van der Waals surface area contributed by atoms with Crippen LogP contribution in [0.5, 0.6) is 0 Å². The lowest BCUT2D eigenvalue weighted by Gasteiger charge is -2.04. The first-order valence-corrected chi connectivity index (χ1v) is 3.99. The summed E-state index contributed by atoms with van der Waals surface area (Å²) in [4.78, 5) is 0. The summed E-state index contributed by atoms with van der Waals surface area (Å²) in [6.45, 7) is 4.35. The quantitative estimate of drug-likeness (QED) is 0.456. The molecule has 0 aliphatic heterocycles. The Morgan fingerprint density at radius 1 is 1.00 bits per heavy atom. The van der Waals surface area contributed by atoms with Crippen LogP contribution in [0.2, 0.25) is 0 Å². The van der Waals surface area contributed by atoms with Gasteiger partial charge >= 0.3 is 0 Å². The van der Waals surface area contributed by atoms with Crippen LogP contribution in [0.1, 0.15) is 39.5 Å². The molecule has 0 unspecified atom stereocenters. The predicted molar refractivity (Wildman–Crippen MR) is 41.5 cm³/mol. The molecule has 0 saturated heterocycles. The Kier molecular flexibility index (Phi) is 5.64. The summed E-state index contributed by atoms with van der Waals surface area (Å²) >= 11 is 0. The van der Waals surface area contributed by atoms with Gasteiger partial charge in [-0.05, 0) is 18.8 Å². The van der Waals surface area contributed by atoms with E-state index in [4.69, 9.17) is 10.2 Å². The van der Waals surface area contributed by atoms with E-state index in [9.17, 15) is 0 Å². The molecule has 0 radical (unpaired) electrons. The monoisotopic (exact) mass is 146 g/mol. The third-order valence-electron chi connectivity index (χ3n) is 1.49. The van der Waals surface area contributed by atoms with Crippen LogP contribution < -0.4 is 0 Å². The molecule has 0 aromatic heterocycles. The maximum atomic E-state index is 8.47. The fraction of sp³-hybridized carbons (Fsp3) is 1.00.